The second-order valence-corrected chi connectivity index (χ2v) is 5.85. The molecule has 132 valence electrons. The predicted molar refractivity (Wildman–Crippen MR) is 94.7 cm³/mol. The van der Waals surface area contributed by atoms with Gasteiger partial charge in [-0.15, -0.1) is 0 Å². The number of carbonyl (C=O) groups is 2. The Balaban J connectivity index is 2.16. The predicted octanol–water partition coefficient (Wildman–Crippen LogP) is 2.79. The second kappa shape index (κ2) is 7.79. The van der Waals surface area contributed by atoms with Crippen LogP contribution in [0.2, 0.25) is 0 Å². The van der Waals surface area contributed by atoms with Crippen molar-refractivity contribution >= 4 is 17.8 Å². The van der Waals surface area contributed by atoms with Gasteiger partial charge in [-0.1, -0.05) is 6.08 Å². The molecule has 0 amide bonds. The van der Waals surface area contributed by atoms with Crippen molar-refractivity contribution in [3.05, 3.63) is 52.4 Å². The van der Waals surface area contributed by atoms with Crippen molar-refractivity contribution < 1.29 is 19.1 Å². The molecule has 1 aromatic carbocycles. The van der Waals surface area contributed by atoms with Gasteiger partial charge < -0.3 is 9.47 Å². The molecule has 0 fully saturated rings. The summed E-state index contributed by atoms with van der Waals surface area (Å²) in [6.45, 7) is 5.46. The first-order valence-corrected chi connectivity index (χ1v) is 7.85. The summed E-state index contributed by atoms with van der Waals surface area (Å²) >= 11 is 0. The first-order chi connectivity index (χ1) is 11.8. The van der Waals surface area contributed by atoms with E-state index in [1.807, 2.05) is 32.9 Å². The topological polar surface area (TPSA) is 70.4 Å². The Kier molecular flexibility index (Phi) is 5.75. The highest BCUT2D eigenvalue weighted by molar-refractivity contribution is 6.07. The van der Waals surface area contributed by atoms with Crippen LogP contribution in [0.15, 0.2) is 24.4 Å². The van der Waals surface area contributed by atoms with Crippen molar-refractivity contribution in [2.75, 3.05) is 13.7 Å². The van der Waals surface area contributed by atoms with Crippen molar-refractivity contribution in [3.63, 3.8) is 0 Å². The maximum atomic E-state index is 12.3. The summed E-state index contributed by atoms with van der Waals surface area (Å²) in [5, 5.41) is 4.18. The fourth-order valence-electron chi connectivity index (χ4n) is 2.60. The lowest BCUT2D eigenvalue weighted by atomic mass is 10.0. The molecule has 0 saturated carbocycles. The number of hydrogen-bond acceptors (Lipinski definition) is 5. The second-order valence-electron chi connectivity index (χ2n) is 5.85. The van der Waals surface area contributed by atoms with Gasteiger partial charge in [0, 0.05) is 13.2 Å². The van der Waals surface area contributed by atoms with Crippen LogP contribution < -0.4 is 4.74 Å². The van der Waals surface area contributed by atoms with Crippen molar-refractivity contribution in [2.24, 2.45) is 7.05 Å². The lowest BCUT2D eigenvalue weighted by Crippen LogP contribution is -2.13. The lowest BCUT2D eigenvalue weighted by Gasteiger charge is -2.12. The van der Waals surface area contributed by atoms with Crippen molar-refractivity contribution in [2.45, 2.75) is 20.8 Å². The Labute approximate surface area is 147 Å². The van der Waals surface area contributed by atoms with E-state index in [9.17, 15) is 9.59 Å². The number of benzene rings is 1. The third kappa shape index (κ3) is 4.56. The van der Waals surface area contributed by atoms with Gasteiger partial charge in [-0.2, -0.15) is 5.10 Å². The number of hydrogen-bond donors (Lipinski definition) is 0. The summed E-state index contributed by atoms with van der Waals surface area (Å²) in [6.07, 6.45) is 5.01. The number of aromatic nitrogens is 2. The van der Waals surface area contributed by atoms with Crippen LogP contribution in [0.25, 0.3) is 6.08 Å². The largest absolute Gasteiger partial charge is 0.481 e. The molecule has 0 aliphatic carbocycles. The molecule has 0 aliphatic rings. The molecule has 0 atom stereocenters. The maximum absolute atomic E-state index is 12.3. The fraction of sp³-hybridized carbons (Fsp3) is 0.316. The molecule has 0 saturated heterocycles. The number of nitrogens with zero attached hydrogens (tertiary/aromatic N) is 2. The average Bonchev–Trinajstić information content (AvgIpc) is 2.90. The molecule has 0 bridgehead atoms. The molecule has 6 nitrogen and oxygen atoms in total. The molecular formula is C19H22N2O4. The Morgan fingerprint density at radius 3 is 2.36 bits per heavy atom. The van der Waals surface area contributed by atoms with Crippen LogP contribution in [0, 0.1) is 20.8 Å². The summed E-state index contributed by atoms with van der Waals surface area (Å²) in [4.78, 5) is 23.5. The summed E-state index contributed by atoms with van der Waals surface area (Å²) in [6, 6.07) is 3.80. The Morgan fingerprint density at radius 1 is 1.20 bits per heavy atom. The van der Waals surface area contributed by atoms with E-state index in [0.717, 1.165) is 16.7 Å². The molecule has 0 aliphatic heterocycles. The number of rotatable bonds is 6. The number of ketones is 1. The van der Waals surface area contributed by atoms with E-state index in [0.29, 0.717) is 17.0 Å². The minimum absolute atomic E-state index is 0.0908. The van der Waals surface area contributed by atoms with E-state index < -0.39 is 5.97 Å². The molecule has 6 heteroatoms. The number of aryl methyl sites for hydroxylation is 4. The van der Waals surface area contributed by atoms with Gasteiger partial charge in [0.25, 0.3) is 0 Å². The van der Waals surface area contributed by atoms with E-state index in [1.165, 1.54) is 13.2 Å². The number of allylic oxidation sites excluding steroid dienone is 1. The summed E-state index contributed by atoms with van der Waals surface area (Å²) < 4.78 is 11.7. The van der Waals surface area contributed by atoms with E-state index in [-0.39, 0.29) is 12.4 Å². The summed E-state index contributed by atoms with van der Waals surface area (Å²) in [5.74, 6) is 0.129. The van der Waals surface area contributed by atoms with Gasteiger partial charge in [-0.05, 0) is 55.7 Å². The Hall–Kier alpha value is -2.89. The van der Waals surface area contributed by atoms with Gasteiger partial charge in [0.2, 0.25) is 0 Å². The van der Waals surface area contributed by atoms with Gasteiger partial charge in [0.15, 0.2) is 12.4 Å². The van der Waals surface area contributed by atoms with Crippen molar-refractivity contribution in [3.8, 4) is 5.75 Å². The SMILES string of the molecule is COC(=O)COc1c(C)cc(/C=C\C(=O)c2cn(C)nc2C)cc1C. The van der Waals surface area contributed by atoms with Gasteiger partial charge in [0.1, 0.15) is 5.75 Å². The maximum Gasteiger partial charge on any atom is 0.343 e. The van der Waals surface area contributed by atoms with Crippen LogP contribution in [-0.4, -0.2) is 35.2 Å². The van der Waals surface area contributed by atoms with E-state index in [1.54, 1.807) is 24.0 Å². The smallest absolute Gasteiger partial charge is 0.343 e. The van der Waals surface area contributed by atoms with E-state index in [4.69, 9.17) is 4.74 Å². The zero-order valence-corrected chi connectivity index (χ0v) is 15.1. The van der Waals surface area contributed by atoms with Gasteiger partial charge in [-0.3, -0.25) is 9.48 Å². The minimum Gasteiger partial charge on any atom is -0.481 e. The van der Waals surface area contributed by atoms with Crippen LogP contribution in [0.3, 0.4) is 0 Å². The zero-order chi connectivity index (χ0) is 18.6. The summed E-state index contributed by atoms with van der Waals surface area (Å²) in [5.41, 5.74) is 3.94. The lowest BCUT2D eigenvalue weighted by molar-refractivity contribution is -0.142. The molecule has 1 aromatic heterocycles. The minimum atomic E-state index is -0.430. The van der Waals surface area contributed by atoms with Gasteiger partial charge >= 0.3 is 5.97 Å². The number of carbonyl (C=O) groups excluding carboxylic acids is 2. The standard InChI is InChI=1S/C19H22N2O4/c1-12-8-15(9-13(2)19(12)25-11-18(23)24-5)6-7-17(22)16-10-21(4)20-14(16)3/h6-10H,11H2,1-5H3/b7-6-. The normalized spacial score (nSPS) is 10.9. The third-order valence-electron chi connectivity index (χ3n) is 3.75. The fourth-order valence-corrected chi connectivity index (χ4v) is 2.60. The van der Waals surface area contributed by atoms with Crippen LogP contribution in [0.1, 0.15) is 32.7 Å². The first kappa shape index (κ1) is 18.4. The van der Waals surface area contributed by atoms with Gasteiger partial charge in [-0.25, -0.2) is 4.79 Å². The van der Waals surface area contributed by atoms with E-state index in [2.05, 4.69) is 9.84 Å². The quantitative estimate of drug-likeness (QED) is 0.459. The molecule has 2 aromatic rings. The number of ether oxygens (including phenoxy) is 2. The van der Waals surface area contributed by atoms with Crippen molar-refractivity contribution in [1.29, 1.82) is 0 Å². The number of esters is 1. The summed E-state index contributed by atoms with van der Waals surface area (Å²) in [7, 11) is 3.10. The monoisotopic (exact) mass is 342 g/mol. The Bertz CT molecular complexity index is 811. The molecular weight excluding hydrogens is 320 g/mol. The first-order valence-electron chi connectivity index (χ1n) is 7.85. The third-order valence-corrected chi connectivity index (χ3v) is 3.75. The molecule has 0 N–H and O–H groups in total. The zero-order valence-electron chi connectivity index (χ0n) is 15.1. The van der Waals surface area contributed by atoms with Crippen LogP contribution >= 0.6 is 0 Å². The van der Waals surface area contributed by atoms with Crippen LogP contribution in [0.5, 0.6) is 5.75 Å². The number of methoxy groups -OCH3 is 1. The van der Waals surface area contributed by atoms with Gasteiger partial charge in [0.05, 0.1) is 18.4 Å². The molecule has 2 rings (SSSR count). The molecule has 0 radical (unpaired) electrons. The van der Waals surface area contributed by atoms with E-state index >= 15 is 0 Å². The molecule has 0 unspecified atom stereocenters. The Morgan fingerprint density at radius 2 is 1.84 bits per heavy atom. The molecule has 0 spiro atoms. The average molecular weight is 342 g/mol. The highest BCUT2D eigenvalue weighted by Gasteiger charge is 2.11. The molecule has 25 heavy (non-hydrogen) atoms. The molecule has 1 heterocycles. The highest BCUT2D eigenvalue weighted by Crippen LogP contribution is 2.25. The van der Waals surface area contributed by atoms with Crippen LogP contribution in [0.4, 0.5) is 0 Å². The van der Waals surface area contributed by atoms with Crippen LogP contribution in [-0.2, 0) is 16.6 Å². The van der Waals surface area contributed by atoms with Crippen molar-refractivity contribution in [1.82, 2.24) is 9.78 Å². The highest BCUT2D eigenvalue weighted by atomic mass is 16.6.